The molecule has 0 aliphatic rings. The maximum atomic E-state index is 11.7. The van der Waals surface area contributed by atoms with Crippen molar-refractivity contribution in [2.24, 2.45) is 0 Å². The molecule has 22 heavy (non-hydrogen) atoms. The minimum absolute atomic E-state index is 0.160. The van der Waals surface area contributed by atoms with E-state index in [0.717, 1.165) is 11.3 Å². The second-order valence-corrected chi connectivity index (χ2v) is 6.06. The first-order valence-electron chi connectivity index (χ1n) is 7.09. The third kappa shape index (κ3) is 7.64. The maximum absolute atomic E-state index is 11.7. The van der Waals surface area contributed by atoms with E-state index in [0.29, 0.717) is 11.7 Å². The minimum Gasteiger partial charge on any atom is -0.494 e. The summed E-state index contributed by atoms with van der Waals surface area (Å²) in [6.45, 7) is 8.51. The van der Waals surface area contributed by atoms with Gasteiger partial charge in [0.25, 0.3) is 5.91 Å². The first kappa shape index (κ1) is 18.0. The van der Waals surface area contributed by atoms with Crippen LogP contribution < -0.4 is 20.9 Å². The second kappa shape index (κ2) is 8.38. The highest BCUT2D eigenvalue weighted by atomic mass is 32.1. The van der Waals surface area contributed by atoms with Crippen LogP contribution in [-0.4, -0.2) is 23.2 Å². The zero-order valence-corrected chi connectivity index (χ0v) is 14.2. The summed E-state index contributed by atoms with van der Waals surface area (Å²) in [5.41, 5.74) is 5.90. The molecule has 0 saturated carbocycles. The predicted molar refractivity (Wildman–Crippen MR) is 93.4 cm³/mol. The van der Waals surface area contributed by atoms with E-state index in [2.05, 4.69) is 16.2 Å². The molecular formula is C16H23N3O2S. The largest absolute Gasteiger partial charge is 0.494 e. The van der Waals surface area contributed by atoms with Gasteiger partial charge >= 0.3 is 0 Å². The van der Waals surface area contributed by atoms with E-state index in [1.54, 1.807) is 6.08 Å². The first-order valence-corrected chi connectivity index (χ1v) is 7.50. The molecule has 0 fully saturated rings. The van der Waals surface area contributed by atoms with Crippen LogP contribution >= 0.6 is 12.2 Å². The number of amides is 1. The van der Waals surface area contributed by atoms with Crippen molar-refractivity contribution in [3.8, 4) is 5.75 Å². The molecule has 3 N–H and O–H groups in total. The van der Waals surface area contributed by atoms with Gasteiger partial charge in [0.15, 0.2) is 5.11 Å². The second-order valence-electron chi connectivity index (χ2n) is 5.65. The van der Waals surface area contributed by atoms with Crippen LogP contribution in [0.4, 0.5) is 0 Å². The summed E-state index contributed by atoms with van der Waals surface area (Å²) >= 11 is 5.06. The Morgan fingerprint density at radius 3 is 2.41 bits per heavy atom. The molecule has 0 heterocycles. The fraction of sp³-hybridized carbons (Fsp3) is 0.375. The quantitative estimate of drug-likeness (QED) is 0.451. The van der Waals surface area contributed by atoms with Crippen molar-refractivity contribution in [2.75, 3.05) is 6.61 Å². The van der Waals surface area contributed by atoms with Gasteiger partial charge in [0, 0.05) is 11.6 Å². The van der Waals surface area contributed by atoms with E-state index in [1.807, 2.05) is 52.0 Å². The Morgan fingerprint density at radius 1 is 1.23 bits per heavy atom. The van der Waals surface area contributed by atoms with Crippen LogP contribution in [0.25, 0.3) is 6.08 Å². The van der Waals surface area contributed by atoms with Crippen LogP contribution in [0.1, 0.15) is 33.3 Å². The van der Waals surface area contributed by atoms with Crippen molar-refractivity contribution in [1.29, 1.82) is 0 Å². The molecule has 5 nitrogen and oxygen atoms in total. The first-order chi connectivity index (χ1) is 10.3. The van der Waals surface area contributed by atoms with E-state index in [-0.39, 0.29) is 11.4 Å². The van der Waals surface area contributed by atoms with Crippen molar-refractivity contribution in [1.82, 2.24) is 16.2 Å². The fourth-order valence-corrected chi connectivity index (χ4v) is 1.90. The number of hydrogen-bond acceptors (Lipinski definition) is 3. The van der Waals surface area contributed by atoms with Crippen molar-refractivity contribution < 1.29 is 9.53 Å². The van der Waals surface area contributed by atoms with Gasteiger partial charge in [-0.3, -0.25) is 15.6 Å². The van der Waals surface area contributed by atoms with Gasteiger partial charge in [-0.15, -0.1) is 0 Å². The van der Waals surface area contributed by atoms with Crippen LogP contribution in [0.15, 0.2) is 30.3 Å². The van der Waals surface area contributed by atoms with Gasteiger partial charge in [-0.1, -0.05) is 12.1 Å². The molecule has 6 heteroatoms. The monoisotopic (exact) mass is 321 g/mol. The van der Waals surface area contributed by atoms with E-state index >= 15 is 0 Å². The lowest BCUT2D eigenvalue weighted by Gasteiger charge is -2.22. The highest BCUT2D eigenvalue weighted by Crippen LogP contribution is 2.12. The van der Waals surface area contributed by atoms with Crippen molar-refractivity contribution in [3.05, 3.63) is 35.9 Å². The number of nitrogens with one attached hydrogen (secondary N) is 3. The summed E-state index contributed by atoms with van der Waals surface area (Å²) in [6.07, 6.45) is 3.15. The third-order valence-corrected chi connectivity index (χ3v) is 2.61. The Balaban J connectivity index is 2.42. The molecule has 0 aromatic heterocycles. The Morgan fingerprint density at radius 2 is 1.86 bits per heavy atom. The highest BCUT2D eigenvalue weighted by Gasteiger charge is 2.10. The normalized spacial score (nSPS) is 11.1. The predicted octanol–water partition coefficient (Wildman–Crippen LogP) is 2.39. The van der Waals surface area contributed by atoms with Gasteiger partial charge in [0.1, 0.15) is 5.75 Å². The lowest BCUT2D eigenvalue weighted by molar-refractivity contribution is -0.117. The Bertz CT molecular complexity index is 533. The van der Waals surface area contributed by atoms with E-state index in [4.69, 9.17) is 17.0 Å². The summed E-state index contributed by atoms with van der Waals surface area (Å²) in [4.78, 5) is 11.7. The molecule has 120 valence electrons. The number of hydrogen-bond donors (Lipinski definition) is 3. The van der Waals surface area contributed by atoms with Gasteiger partial charge in [0.2, 0.25) is 0 Å². The number of carbonyl (C=O) groups excluding carboxylic acids is 1. The summed E-state index contributed by atoms with van der Waals surface area (Å²) in [5.74, 6) is 0.524. The molecule has 1 aromatic carbocycles. The Labute approximate surface area is 137 Å². The van der Waals surface area contributed by atoms with E-state index in [1.165, 1.54) is 6.08 Å². The average Bonchev–Trinajstić information content (AvgIpc) is 2.43. The van der Waals surface area contributed by atoms with Crippen LogP contribution in [-0.2, 0) is 4.79 Å². The molecule has 0 aliphatic heterocycles. The average molecular weight is 321 g/mol. The maximum Gasteiger partial charge on any atom is 0.262 e. The number of benzene rings is 1. The summed E-state index contributed by atoms with van der Waals surface area (Å²) in [5, 5.41) is 3.40. The summed E-state index contributed by atoms with van der Waals surface area (Å²) in [6, 6.07) is 7.49. The van der Waals surface area contributed by atoms with Gasteiger partial charge in [-0.25, -0.2) is 0 Å². The number of ether oxygens (including phenoxy) is 1. The molecule has 0 spiro atoms. The molecule has 0 saturated heterocycles. The lowest BCUT2D eigenvalue weighted by atomic mass is 10.1. The highest BCUT2D eigenvalue weighted by molar-refractivity contribution is 7.80. The number of carbonyl (C=O) groups is 1. The molecule has 1 amide bonds. The third-order valence-electron chi connectivity index (χ3n) is 2.41. The Kier molecular flexibility index (Phi) is 6.85. The van der Waals surface area contributed by atoms with Gasteiger partial charge < -0.3 is 10.1 Å². The number of rotatable bonds is 4. The molecule has 0 unspecified atom stereocenters. The molecule has 0 aliphatic carbocycles. The zero-order chi connectivity index (χ0) is 16.6. The van der Waals surface area contributed by atoms with Crippen molar-refractivity contribution >= 4 is 29.3 Å². The molecule has 0 bridgehead atoms. The van der Waals surface area contributed by atoms with Gasteiger partial charge in [0.05, 0.1) is 6.61 Å². The lowest BCUT2D eigenvalue weighted by Crippen LogP contribution is -2.51. The van der Waals surface area contributed by atoms with Crippen molar-refractivity contribution in [3.63, 3.8) is 0 Å². The molecule has 0 atom stereocenters. The van der Waals surface area contributed by atoms with E-state index < -0.39 is 0 Å². The molecule has 0 radical (unpaired) electrons. The summed E-state index contributed by atoms with van der Waals surface area (Å²) < 4.78 is 5.36. The van der Waals surface area contributed by atoms with Crippen LogP contribution in [0.5, 0.6) is 5.75 Å². The Hall–Kier alpha value is -2.08. The number of thiocarbonyl (C=S) groups is 1. The molecule has 1 aromatic rings. The molecular weight excluding hydrogens is 298 g/mol. The zero-order valence-electron chi connectivity index (χ0n) is 13.4. The standard InChI is InChI=1S/C16H23N3O2S/c1-5-21-13-9-6-12(7-10-13)8-11-14(20)18-19-15(22)17-16(2,3)4/h6-11H,5H2,1-4H3,(H,18,20)(H2,17,19,22)/b11-8+. The van der Waals surface area contributed by atoms with E-state index in [9.17, 15) is 4.79 Å². The van der Waals surface area contributed by atoms with Crippen LogP contribution in [0.2, 0.25) is 0 Å². The topological polar surface area (TPSA) is 62.4 Å². The fourth-order valence-electron chi connectivity index (χ4n) is 1.55. The van der Waals surface area contributed by atoms with Crippen molar-refractivity contribution in [2.45, 2.75) is 33.2 Å². The van der Waals surface area contributed by atoms with Gasteiger partial charge in [-0.2, -0.15) is 0 Å². The van der Waals surface area contributed by atoms with Crippen LogP contribution in [0.3, 0.4) is 0 Å². The molecule has 1 rings (SSSR count). The SMILES string of the molecule is CCOc1ccc(/C=C/C(=O)NNC(=S)NC(C)(C)C)cc1. The van der Waals surface area contributed by atoms with Gasteiger partial charge in [-0.05, 0) is 63.7 Å². The van der Waals surface area contributed by atoms with Crippen LogP contribution in [0, 0.1) is 0 Å². The minimum atomic E-state index is -0.285. The number of hydrazine groups is 1. The smallest absolute Gasteiger partial charge is 0.262 e. The summed E-state index contributed by atoms with van der Waals surface area (Å²) in [7, 11) is 0.